The SMILES string of the molecule is CCN(CC)C(=O)c1cccc(NC(=O)CSc2nccn2-c2ccc(C)cc2C)c1. The molecule has 0 aliphatic carbocycles. The fourth-order valence-corrected chi connectivity index (χ4v) is 4.17. The third-order valence-electron chi connectivity index (χ3n) is 4.99. The summed E-state index contributed by atoms with van der Waals surface area (Å²) in [5, 5.41) is 3.64. The van der Waals surface area contributed by atoms with Gasteiger partial charge in [0.25, 0.3) is 5.91 Å². The number of carbonyl (C=O) groups is 2. The number of aryl methyl sites for hydroxylation is 2. The molecule has 6 nitrogen and oxygen atoms in total. The van der Waals surface area contributed by atoms with Gasteiger partial charge in [-0.1, -0.05) is 35.5 Å². The minimum atomic E-state index is -0.146. The number of hydrogen-bond donors (Lipinski definition) is 1. The minimum Gasteiger partial charge on any atom is -0.339 e. The molecule has 1 heterocycles. The molecule has 1 aromatic heterocycles. The van der Waals surface area contributed by atoms with E-state index < -0.39 is 0 Å². The lowest BCUT2D eigenvalue weighted by Gasteiger charge is -2.19. The van der Waals surface area contributed by atoms with Crippen LogP contribution in [-0.2, 0) is 4.79 Å². The number of nitrogens with zero attached hydrogens (tertiary/aromatic N) is 3. The predicted molar refractivity (Wildman–Crippen MR) is 126 cm³/mol. The van der Waals surface area contributed by atoms with Gasteiger partial charge in [0.15, 0.2) is 5.16 Å². The lowest BCUT2D eigenvalue weighted by molar-refractivity contribution is -0.113. The number of aromatic nitrogens is 2. The average molecular weight is 437 g/mol. The Kier molecular flexibility index (Phi) is 7.52. The Balaban J connectivity index is 1.65. The summed E-state index contributed by atoms with van der Waals surface area (Å²) in [6.07, 6.45) is 3.64. The molecular weight excluding hydrogens is 408 g/mol. The van der Waals surface area contributed by atoms with Crippen molar-refractivity contribution in [2.24, 2.45) is 0 Å². The first-order chi connectivity index (χ1) is 14.9. The van der Waals surface area contributed by atoms with Crippen molar-refractivity contribution >= 4 is 29.3 Å². The second-order valence-electron chi connectivity index (χ2n) is 7.26. The van der Waals surface area contributed by atoms with Gasteiger partial charge < -0.3 is 10.2 Å². The van der Waals surface area contributed by atoms with Crippen molar-refractivity contribution in [2.75, 3.05) is 24.2 Å². The van der Waals surface area contributed by atoms with E-state index in [-0.39, 0.29) is 17.6 Å². The van der Waals surface area contributed by atoms with Crippen LogP contribution in [0.3, 0.4) is 0 Å². The van der Waals surface area contributed by atoms with Crippen LogP contribution >= 0.6 is 11.8 Å². The zero-order valence-electron chi connectivity index (χ0n) is 18.4. The molecule has 0 fully saturated rings. The molecule has 0 saturated heterocycles. The van der Waals surface area contributed by atoms with Gasteiger partial charge in [-0.15, -0.1) is 0 Å². The van der Waals surface area contributed by atoms with Crippen LogP contribution in [0.4, 0.5) is 5.69 Å². The van der Waals surface area contributed by atoms with Gasteiger partial charge in [-0.3, -0.25) is 14.2 Å². The molecular formula is C24H28N4O2S. The van der Waals surface area contributed by atoms with E-state index in [2.05, 4.69) is 42.3 Å². The number of nitrogens with one attached hydrogen (secondary N) is 1. The smallest absolute Gasteiger partial charge is 0.253 e. The summed E-state index contributed by atoms with van der Waals surface area (Å²) in [6, 6.07) is 13.3. The molecule has 0 radical (unpaired) electrons. The first-order valence-corrected chi connectivity index (χ1v) is 11.3. The second kappa shape index (κ2) is 10.3. The molecule has 0 aliphatic rings. The first-order valence-electron chi connectivity index (χ1n) is 10.4. The van der Waals surface area contributed by atoms with Crippen LogP contribution in [-0.4, -0.2) is 45.1 Å². The maximum Gasteiger partial charge on any atom is 0.253 e. The largest absolute Gasteiger partial charge is 0.339 e. The molecule has 7 heteroatoms. The third-order valence-corrected chi connectivity index (χ3v) is 5.96. The molecule has 3 rings (SSSR count). The van der Waals surface area contributed by atoms with Crippen molar-refractivity contribution in [1.82, 2.24) is 14.5 Å². The number of hydrogen-bond acceptors (Lipinski definition) is 4. The van der Waals surface area contributed by atoms with Crippen molar-refractivity contribution in [3.63, 3.8) is 0 Å². The van der Waals surface area contributed by atoms with E-state index in [4.69, 9.17) is 0 Å². The van der Waals surface area contributed by atoms with Crippen molar-refractivity contribution in [3.8, 4) is 5.69 Å². The predicted octanol–water partition coefficient (Wildman–Crippen LogP) is 4.70. The lowest BCUT2D eigenvalue weighted by Crippen LogP contribution is -2.30. The zero-order valence-corrected chi connectivity index (χ0v) is 19.2. The molecule has 1 N–H and O–H groups in total. The Morgan fingerprint density at radius 3 is 2.58 bits per heavy atom. The van der Waals surface area contributed by atoms with Crippen LogP contribution in [0.2, 0.25) is 0 Å². The van der Waals surface area contributed by atoms with E-state index in [1.54, 1.807) is 35.4 Å². The highest BCUT2D eigenvalue weighted by Crippen LogP contribution is 2.23. The van der Waals surface area contributed by atoms with Gasteiger partial charge >= 0.3 is 0 Å². The Labute approximate surface area is 187 Å². The highest BCUT2D eigenvalue weighted by atomic mass is 32.2. The van der Waals surface area contributed by atoms with Crippen LogP contribution in [0.15, 0.2) is 60.0 Å². The second-order valence-corrected chi connectivity index (χ2v) is 8.21. The number of rotatable bonds is 8. The normalized spacial score (nSPS) is 10.7. The van der Waals surface area contributed by atoms with Gasteiger partial charge in [-0.2, -0.15) is 0 Å². The topological polar surface area (TPSA) is 67.2 Å². The van der Waals surface area contributed by atoms with Crippen molar-refractivity contribution < 1.29 is 9.59 Å². The van der Waals surface area contributed by atoms with E-state index in [1.165, 1.54) is 17.3 Å². The van der Waals surface area contributed by atoms with E-state index in [1.807, 2.05) is 24.6 Å². The Bertz CT molecular complexity index is 1070. The number of anilines is 1. The molecule has 31 heavy (non-hydrogen) atoms. The van der Waals surface area contributed by atoms with Crippen LogP contribution in [0, 0.1) is 13.8 Å². The highest BCUT2D eigenvalue weighted by Gasteiger charge is 2.14. The molecule has 0 unspecified atom stereocenters. The summed E-state index contributed by atoms with van der Waals surface area (Å²) in [7, 11) is 0. The molecule has 0 spiro atoms. The Morgan fingerprint density at radius 2 is 1.87 bits per heavy atom. The van der Waals surface area contributed by atoms with Gasteiger partial charge in [0.1, 0.15) is 0 Å². The van der Waals surface area contributed by atoms with Gasteiger partial charge in [0, 0.05) is 36.7 Å². The molecule has 2 amide bonds. The van der Waals surface area contributed by atoms with E-state index in [9.17, 15) is 9.59 Å². The van der Waals surface area contributed by atoms with E-state index in [0.717, 1.165) is 16.4 Å². The van der Waals surface area contributed by atoms with E-state index >= 15 is 0 Å². The summed E-state index contributed by atoms with van der Waals surface area (Å²) in [5.41, 5.74) is 4.59. The first kappa shape index (κ1) is 22.6. The summed E-state index contributed by atoms with van der Waals surface area (Å²) < 4.78 is 2.00. The van der Waals surface area contributed by atoms with Crippen LogP contribution in [0.1, 0.15) is 35.3 Å². The van der Waals surface area contributed by atoms with Crippen LogP contribution in [0.5, 0.6) is 0 Å². The van der Waals surface area contributed by atoms with Gasteiger partial charge in [0.05, 0.1) is 11.4 Å². The maximum atomic E-state index is 12.5. The van der Waals surface area contributed by atoms with Crippen molar-refractivity contribution in [3.05, 3.63) is 71.5 Å². The highest BCUT2D eigenvalue weighted by molar-refractivity contribution is 7.99. The Hall–Kier alpha value is -3.06. The van der Waals surface area contributed by atoms with E-state index in [0.29, 0.717) is 24.3 Å². The number of amides is 2. The third kappa shape index (κ3) is 5.55. The minimum absolute atomic E-state index is 0.0361. The fraction of sp³-hybridized carbons (Fsp3) is 0.292. The average Bonchev–Trinajstić information content (AvgIpc) is 3.21. The quantitative estimate of drug-likeness (QED) is 0.520. The summed E-state index contributed by atoms with van der Waals surface area (Å²) in [4.78, 5) is 31.2. The number of carbonyl (C=O) groups excluding carboxylic acids is 2. The maximum absolute atomic E-state index is 12.5. The van der Waals surface area contributed by atoms with Crippen LogP contribution in [0.25, 0.3) is 5.69 Å². The molecule has 0 saturated carbocycles. The molecule has 0 atom stereocenters. The fourth-order valence-electron chi connectivity index (χ4n) is 3.41. The van der Waals surface area contributed by atoms with Crippen LogP contribution < -0.4 is 5.32 Å². The van der Waals surface area contributed by atoms with Crippen molar-refractivity contribution in [2.45, 2.75) is 32.9 Å². The summed E-state index contributed by atoms with van der Waals surface area (Å²) >= 11 is 1.38. The summed E-state index contributed by atoms with van der Waals surface area (Å²) in [5.74, 6) is 0.0365. The molecule has 0 bridgehead atoms. The van der Waals surface area contributed by atoms with Gasteiger partial charge in [0.2, 0.25) is 5.91 Å². The van der Waals surface area contributed by atoms with Gasteiger partial charge in [-0.05, 0) is 57.5 Å². The number of imidazole rings is 1. The van der Waals surface area contributed by atoms with Gasteiger partial charge in [-0.25, -0.2) is 4.98 Å². The standard InChI is InChI=1S/C24H28N4O2S/c1-5-27(6-2)23(30)19-8-7-9-20(15-19)26-22(29)16-31-24-25-12-13-28(24)21-11-10-17(3)14-18(21)4/h7-15H,5-6,16H2,1-4H3,(H,26,29). The zero-order chi connectivity index (χ0) is 22.4. The number of benzene rings is 2. The Morgan fingerprint density at radius 1 is 1.10 bits per heavy atom. The van der Waals surface area contributed by atoms with Crippen molar-refractivity contribution in [1.29, 1.82) is 0 Å². The monoisotopic (exact) mass is 436 g/mol. The molecule has 3 aromatic rings. The molecule has 0 aliphatic heterocycles. The molecule has 162 valence electrons. The number of thioether (sulfide) groups is 1. The lowest BCUT2D eigenvalue weighted by atomic mass is 10.1. The molecule has 2 aromatic carbocycles. The summed E-state index contributed by atoms with van der Waals surface area (Å²) in [6.45, 7) is 9.33.